The van der Waals surface area contributed by atoms with E-state index in [-0.39, 0.29) is 11.5 Å². The number of carbonyl (C=O) groups is 2. The van der Waals surface area contributed by atoms with Crippen LogP contribution in [-0.2, 0) is 4.79 Å². The SMILES string of the molecule is CC(=O)Nc1cccc(Nc2cc(Nc3ccc(C(=O)O)cc3)ncn2)c1. The van der Waals surface area contributed by atoms with E-state index in [0.717, 1.165) is 5.69 Å². The molecule has 0 radical (unpaired) electrons. The highest BCUT2D eigenvalue weighted by atomic mass is 16.4. The van der Waals surface area contributed by atoms with Crippen LogP contribution < -0.4 is 16.0 Å². The van der Waals surface area contributed by atoms with Crippen LogP contribution in [0.4, 0.5) is 28.7 Å². The molecule has 0 spiro atoms. The molecule has 0 unspecified atom stereocenters. The number of rotatable bonds is 6. The molecule has 0 aliphatic rings. The Kier molecular flexibility index (Phi) is 5.27. The number of carbonyl (C=O) groups excluding carboxylic acids is 1. The summed E-state index contributed by atoms with van der Waals surface area (Å²) in [6, 6.07) is 15.3. The highest BCUT2D eigenvalue weighted by Crippen LogP contribution is 2.21. The fourth-order valence-electron chi connectivity index (χ4n) is 2.36. The van der Waals surface area contributed by atoms with Gasteiger partial charge in [-0.25, -0.2) is 14.8 Å². The minimum atomic E-state index is -0.975. The molecule has 1 amide bonds. The molecule has 0 aliphatic heterocycles. The van der Waals surface area contributed by atoms with E-state index in [1.54, 1.807) is 30.3 Å². The second kappa shape index (κ2) is 7.96. The summed E-state index contributed by atoms with van der Waals surface area (Å²) in [5.74, 6) is -0.00521. The third-order valence-corrected chi connectivity index (χ3v) is 3.53. The molecule has 1 heterocycles. The maximum atomic E-state index is 11.2. The number of carboxylic acid groups (broad SMARTS) is 1. The van der Waals surface area contributed by atoms with Crippen LogP contribution in [0.5, 0.6) is 0 Å². The summed E-state index contributed by atoms with van der Waals surface area (Å²) in [5.41, 5.74) is 2.36. The second-order valence-electron chi connectivity index (χ2n) is 5.68. The molecule has 27 heavy (non-hydrogen) atoms. The Morgan fingerprint density at radius 2 is 1.48 bits per heavy atom. The summed E-state index contributed by atoms with van der Waals surface area (Å²) in [5, 5.41) is 17.9. The standard InChI is InChI=1S/C19H17N5O3/c1-12(25)22-15-3-2-4-16(9-15)24-18-10-17(20-11-21-18)23-14-7-5-13(6-8-14)19(26)27/h2-11H,1H3,(H,22,25)(H,26,27)(H2,20,21,23,24). The van der Waals surface area contributed by atoms with E-state index >= 15 is 0 Å². The van der Waals surface area contributed by atoms with Crippen molar-refractivity contribution < 1.29 is 14.7 Å². The molecule has 8 nitrogen and oxygen atoms in total. The molecule has 136 valence electrons. The van der Waals surface area contributed by atoms with E-state index < -0.39 is 5.97 Å². The highest BCUT2D eigenvalue weighted by molar-refractivity contribution is 5.89. The van der Waals surface area contributed by atoms with Gasteiger partial charge >= 0.3 is 5.97 Å². The smallest absolute Gasteiger partial charge is 0.335 e. The molecule has 0 saturated heterocycles. The molecule has 0 bridgehead atoms. The molecular weight excluding hydrogens is 346 g/mol. The van der Waals surface area contributed by atoms with Crippen LogP contribution in [0.25, 0.3) is 0 Å². The van der Waals surface area contributed by atoms with Crippen molar-refractivity contribution in [2.45, 2.75) is 6.92 Å². The summed E-state index contributed by atoms with van der Waals surface area (Å²) in [4.78, 5) is 30.4. The molecular formula is C19H17N5O3. The first-order valence-electron chi connectivity index (χ1n) is 8.07. The van der Waals surface area contributed by atoms with Crippen molar-refractivity contribution in [3.05, 3.63) is 66.5 Å². The van der Waals surface area contributed by atoms with Crippen molar-refractivity contribution in [2.24, 2.45) is 0 Å². The van der Waals surface area contributed by atoms with Gasteiger partial charge in [0.1, 0.15) is 18.0 Å². The number of nitrogens with zero attached hydrogens (tertiary/aromatic N) is 2. The lowest BCUT2D eigenvalue weighted by atomic mass is 10.2. The zero-order valence-corrected chi connectivity index (χ0v) is 14.4. The Hall–Kier alpha value is -3.94. The lowest BCUT2D eigenvalue weighted by molar-refractivity contribution is -0.114. The van der Waals surface area contributed by atoms with E-state index in [2.05, 4.69) is 25.9 Å². The van der Waals surface area contributed by atoms with Gasteiger partial charge in [-0.05, 0) is 42.5 Å². The Balaban J connectivity index is 1.72. The Morgan fingerprint density at radius 1 is 0.852 bits per heavy atom. The minimum Gasteiger partial charge on any atom is -0.478 e. The molecule has 3 aromatic rings. The minimum absolute atomic E-state index is 0.144. The largest absolute Gasteiger partial charge is 0.478 e. The van der Waals surface area contributed by atoms with Gasteiger partial charge in [-0.15, -0.1) is 0 Å². The maximum absolute atomic E-state index is 11.2. The fourth-order valence-corrected chi connectivity index (χ4v) is 2.36. The van der Waals surface area contributed by atoms with Crippen molar-refractivity contribution in [3.8, 4) is 0 Å². The van der Waals surface area contributed by atoms with E-state index in [4.69, 9.17) is 5.11 Å². The van der Waals surface area contributed by atoms with E-state index in [0.29, 0.717) is 23.0 Å². The third kappa shape index (κ3) is 5.02. The van der Waals surface area contributed by atoms with Gasteiger partial charge in [0.2, 0.25) is 5.91 Å². The van der Waals surface area contributed by atoms with Crippen molar-refractivity contribution in [1.82, 2.24) is 9.97 Å². The summed E-state index contributed by atoms with van der Waals surface area (Å²) in [6.07, 6.45) is 1.41. The van der Waals surface area contributed by atoms with Crippen LogP contribution in [0.2, 0.25) is 0 Å². The van der Waals surface area contributed by atoms with Crippen LogP contribution >= 0.6 is 0 Å². The van der Waals surface area contributed by atoms with Crippen LogP contribution in [0.1, 0.15) is 17.3 Å². The summed E-state index contributed by atoms with van der Waals surface area (Å²) in [7, 11) is 0. The van der Waals surface area contributed by atoms with Gasteiger partial charge in [-0.3, -0.25) is 4.79 Å². The molecule has 0 saturated carbocycles. The monoisotopic (exact) mass is 363 g/mol. The van der Waals surface area contributed by atoms with Gasteiger partial charge in [0.25, 0.3) is 0 Å². The predicted octanol–water partition coefficient (Wildman–Crippen LogP) is 3.62. The van der Waals surface area contributed by atoms with Gasteiger partial charge in [0, 0.05) is 30.1 Å². The van der Waals surface area contributed by atoms with Crippen molar-refractivity contribution >= 4 is 40.6 Å². The number of amides is 1. The van der Waals surface area contributed by atoms with Crippen molar-refractivity contribution in [2.75, 3.05) is 16.0 Å². The Labute approximate surface area is 155 Å². The number of hydrogen-bond acceptors (Lipinski definition) is 6. The number of anilines is 5. The van der Waals surface area contributed by atoms with E-state index in [9.17, 15) is 9.59 Å². The Morgan fingerprint density at radius 3 is 2.11 bits per heavy atom. The van der Waals surface area contributed by atoms with Gasteiger partial charge < -0.3 is 21.1 Å². The zero-order chi connectivity index (χ0) is 19.2. The number of nitrogens with one attached hydrogen (secondary N) is 3. The highest BCUT2D eigenvalue weighted by Gasteiger charge is 2.04. The van der Waals surface area contributed by atoms with Gasteiger partial charge in [-0.1, -0.05) is 6.07 Å². The first-order valence-corrected chi connectivity index (χ1v) is 8.07. The summed E-state index contributed by atoms with van der Waals surface area (Å²) >= 11 is 0. The van der Waals surface area contributed by atoms with Crippen LogP contribution in [0.15, 0.2) is 60.9 Å². The molecule has 0 aliphatic carbocycles. The first-order chi connectivity index (χ1) is 13.0. The predicted molar refractivity (Wildman–Crippen MR) is 103 cm³/mol. The molecule has 0 fully saturated rings. The average molecular weight is 363 g/mol. The Bertz CT molecular complexity index is 973. The molecule has 3 rings (SSSR count). The lowest BCUT2D eigenvalue weighted by Gasteiger charge is -2.10. The quantitative estimate of drug-likeness (QED) is 0.528. The number of hydrogen-bond donors (Lipinski definition) is 4. The lowest BCUT2D eigenvalue weighted by Crippen LogP contribution is -2.06. The normalized spacial score (nSPS) is 10.1. The van der Waals surface area contributed by atoms with Gasteiger partial charge in [0.05, 0.1) is 5.56 Å². The molecule has 2 aromatic carbocycles. The van der Waals surface area contributed by atoms with Crippen LogP contribution in [0, 0.1) is 0 Å². The summed E-state index contributed by atoms with van der Waals surface area (Å²) in [6.45, 7) is 1.45. The summed E-state index contributed by atoms with van der Waals surface area (Å²) < 4.78 is 0. The average Bonchev–Trinajstić information content (AvgIpc) is 2.62. The number of carboxylic acids is 1. The van der Waals surface area contributed by atoms with Crippen molar-refractivity contribution in [1.29, 1.82) is 0 Å². The number of benzene rings is 2. The zero-order valence-electron chi connectivity index (χ0n) is 14.4. The third-order valence-electron chi connectivity index (χ3n) is 3.53. The van der Waals surface area contributed by atoms with Crippen LogP contribution in [0.3, 0.4) is 0 Å². The van der Waals surface area contributed by atoms with Crippen molar-refractivity contribution in [3.63, 3.8) is 0 Å². The topological polar surface area (TPSA) is 116 Å². The molecule has 4 N–H and O–H groups in total. The van der Waals surface area contributed by atoms with Crippen LogP contribution in [-0.4, -0.2) is 27.0 Å². The number of aromatic nitrogens is 2. The second-order valence-corrected chi connectivity index (χ2v) is 5.68. The first kappa shape index (κ1) is 17.9. The van der Waals surface area contributed by atoms with E-state index in [1.807, 2.05) is 12.1 Å². The maximum Gasteiger partial charge on any atom is 0.335 e. The van der Waals surface area contributed by atoms with Gasteiger partial charge in [0.15, 0.2) is 0 Å². The fraction of sp³-hybridized carbons (Fsp3) is 0.0526. The molecule has 1 aromatic heterocycles. The van der Waals surface area contributed by atoms with E-state index in [1.165, 1.54) is 25.4 Å². The van der Waals surface area contributed by atoms with Gasteiger partial charge in [-0.2, -0.15) is 0 Å². The molecule has 0 atom stereocenters. The number of aromatic carboxylic acids is 1. The molecule has 8 heteroatoms.